The molecule has 0 aliphatic carbocycles. The average Bonchev–Trinajstić information content (AvgIpc) is 2.41. The van der Waals surface area contributed by atoms with Gasteiger partial charge in [0.05, 0.1) is 10.0 Å². The van der Waals surface area contributed by atoms with Crippen LogP contribution >= 0.6 is 23.2 Å². The lowest BCUT2D eigenvalue weighted by Crippen LogP contribution is -2.11. The van der Waals surface area contributed by atoms with Gasteiger partial charge in [0.15, 0.2) is 5.78 Å². The molecule has 0 unspecified atom stereocenters. The summed E-state index contributed by atoms with van der Waals surface area (Å²) in [6.45, 7) is 6.51. The van der Waals surface area contributed by atoms with Gasteiger partial charge in [0.2, 0.25) is 0 Å². The van der Waals surface area contributed by atoms with Gasteiger partial charge in [-0.15, -0.1) is 0 Å². The van der Waals surface area contributed by atoms with E-state index in [9.17, 15) is 4.79 Å². The smallest absolute Gasteiger partial charge is 0.167 e. The molecule has 0 heterocycles. The van der Waals surface area contributed by atoms with Crippen LogP contribution in [-0.4, -0.2) is 5.78 Å². The fourth-order valence-corrected chi connectivity index (χ4v) is 2.38. The highest BCUT2D eigenvalue weighted by molar-refractivity contribution is 6.42. The van der Waals surface area contributed by atoms with Crippen LogP contribution < -0.4 is 0 Å². The largest absolute Gasteiger partial charge is 0.294 e. The molecule has 0 radical (unpaired) electrons. The number of benzene rings is 2. The average molecular weight is 321 g/mol. The Morgan fingerprint density at radius 3 is 2.10 bits per heavy atom. The van der Waals surface area contributed by atoms with Gasteiger partial charge in [0.1, 0.15) is 0 Å². The predicted molar refractivity (Wildman–Crippen MR) is 89.6 cm³/mol. The first-order chi connectivity index (χ1) is 9.77. The second kappa shape index (κ2) is 6.21. The maximum absolute atomic E-state index is 12.3. The lowest BCUT2D eigenvalue weighted by Gasteiger charge is -2.19. The van der Waals surface area contributed by atoms with Crippen molar-refractivity contribution < 1.29 is 4.79 Å². The minimum absolute atomic E-state index is 0.0390. The van der Waals surface area contributed by atoms with Gasteiger partial charge < -0.3 is 0 Å². The summed E-state index contributed by atoms with van der Waals surface area (Å²) in [5, 5.41) is 0.869. The van der Waals surface area contributed by atoms with E-state index in [1.54, 1.807) is 18.2 Å². The van der Waals surface area contributed by atoms with E-state index in [1.165, 1.54) is 5.56 Å². The number of rotatable bonds is 3. The van der Waals surface area contributed by atoms with Crippen LogP contribution in [0.15, 0.2) is 42.5 Å². The summed E-state index contributed by atoms with van der Waals surface area (Å²) >= 11 is 11.8. The van der Waals surface area contributed by atoms with Crippen molar-refractivity contribution in [3.8, 4) is 0 Å². The van der Waals surface area contributed by atoms with Gasteiger partial charge in [-0.2, -0.15) is 0 Å². The van der Waals surface area contributed by atoms with Crippen LogP contribution in [0.5, 0.6) is 0 Å². The van der Waals surface area contributed by atoms with E-state index in [0.29, 0.717) is 22.0 Å². The lowest BCUT2D eigenvalue weighted by atomic mass is 9.86. The summed E-state index contributed by atoms with van der Waals surface area (Å²) in [6, 6.07) is 13.2. The molecule has 0 N–H and O–H groups in total. The minimum Gasteiger partial charge on any atom is -0.294 e. The van der Waals surface area contributed by atoms with E-state index < -0.39 is 0 Å². The van der Waals surface area contributed by atoms with Crippen LogP contribution in [0.4, 0.5) is 0 Å². The standard InChI is InChI=1S/C18H18Cl2O/c1-18(2,3)14-7-4-12(5-8-14)10-17(21)13-6-9-15(19)16(20)11-13/h4-9,11H,10H2,1-3H3. The Morgan fingerprint density at radius 2 is 1.57 bits per heavy atom. The lowest BCUT2D eigenvalue weighted by molar-refractivity contribution is 0.0993. The number of ketones is 1. The van der Waals surface area contributed by atoms with Crippen LogP contribution in [0.2, 0.25) is 10.0 Å². The molecule has 0 aromatic heterocycles. The molecule has 0 aliphatic heterocycles. The molecule has 0 fully saturated rings. The Kier molecular flexibility index (Phi) is 4.75. The van der Waals surface area contributed by atoms with Crippen molar-refractivity contribution >= 4 is 29.0 Å². The van der Waals surface area contributed by atoms with Crippen LogP contribution in [-0.2, 0) is 11.8 Å². The van der Waals surface area contributed by atoms with Crippen molar-refractivity contribution in [3.63, 3.8) is 0 Å². The van der Waals surface area contributed by atoms with Gasteiger partial charge in [0.25, 0.3) is 0 Å². The van der Waals surface area contributed by atoms with E-state index in [4.69, 9.17) is 23.2 Å². The van der Waals surface area contributed by atoms with Crippen molar-refractivity contribution in [2.45, 2.75) is 32.6 Å². The molecule has 1 nitrogen and oxygen atoms in total. The highest BCUT2D eigenvalue weighted by atomic mass is 35.5. The van der Waals surface area contributed by atoms with Crippen LogP contribution in [0.3, 0.4) is 0 Å². The molecule has 2 aromatic rings. The minimum atomic E-state index is 0.0390. The van der Waals surface area contributed by atoms with Crippen molar-refractivity contribution in [2.24, 2.45) is 0 Å². The third-order valence-corrected chi connectivity index (χ3v) is 4.17. The highest BCUT2D eigenvalue weighted by Crippen LogP contribution is 2.24. The molecule has 3 heteroatoms. The maximum Gasteiger partial charge on any atom is 0.167 e. The molecule has 110 valence electrons. The number of carbonyl (C=O) groups is 1. The van der Waals surface area contributed by atoms with Crippen LogP contribution in [0.1, 0.15) is 42.3 Å². The highest BCUT2D eigenvalue weighted by Gasteiger charge is 2.14. The van der Waals surface area contributed by atoms with E-state index in [-0.39, 0.29) is 11.2 Å². The number of hydrogen-bond donors (Lipinski definition) is 0. The van der Waals surface area contributed by atoms with Crippen LogP contribution in [0, 0.1) is 0 Å². The fraction of sp³-hybridized carbons (Fsp3) is 0.278. The molecule has 0 saturated heterocycles. The van der Waals surface area contributed by atoms with E-state index in [0.717, 1.165) is 5.56 Å². The van der Waals surface area contributed by atoms with Gasteiger partial charge in [-0.05, 0) is 34.7 Å². The van der Waals surface area contributed by atoms with Crippen molar-refractivity contribution in [3.05, 3.63) is 69.2 Å². The summed E-state index contributed by atoms with van der Waals surface area (Å²) < 4.78 is 0. The number of carbonyl (C=O) groups excluding carboxylic acids is 1. The van der Waals surface area contributed by atoms with Crippen molar-refractivity contribution in [2.75, 3.05) is 0 Å². The Labute approximate surface area is 135 Å². The second-order valence-electron chi connectivity index (χ2n) is 6.18. The van der Waals surface area contributed by atoms with E-state index in [1.807, 2.05) is 12.1 Å². The molecule has 0 saturated carbocycles. The SMILES string of the molecule is CC(C)(C)c1ccc(CC(=O)c2ccc(Cl)c(Cl)c2)cc1. The summed E-state index contributed by atoms with van der Waals surface area (Å²) in [5.74, 6) is 0.0390. The molecular weight excluding hydrogens is 303 g/mol. The molecule has 2 aromatic carbocycles. The van der Waals surface area contributed by atoms with Crippen molar-refractivity contribution in [1.29, 1.82) is 0 Å². The third kappa shape index (κ3) is 4.09. The normalized spacial score (nSPS) is 11.5. The van der Waals surface area contributed by atoms with Gasteiger partial charge in [-0.1, -0.05) is 68.2 Å². The summed E-state index contributed by atoms with van der Waals surface area (Å²) in [4.78, 5) is 12.3. The first-order valence-electron chi connectivity index (χ1n) is 6.85. The topological polar surface area (TPSA) is 17.1 Å². The summed E-state index contributed by atoms with van der Waals surface area (Å²) in [5.41, 5.74) is 2.96. The van der Waals surface area contributed by atoms with Gasteiger partial charge in [-0.25, -0.2) is 0 Å². The Balaban J connectivity index is 2.14. The molecule has 2 rings (SSSR count). The Bertz CT molecular complexity index is 652. The zero-order chi connectivity index (χ0) is 15.6. The summed E-state index contributed by atoms with van der Waals surface area (Å²) in [6.07, 6.45) is 0.363. The first kappa shape index (κ1) is 16.1. The number of Topliss-reactive ketones (excluding diaryl/α,β-unsaturated/α-hetero) is 1. The Hall–Kier alpha value is -1.31. The van der Waals surface area contributed by atoms with Crippen molar-refractivity contribution in [1.82, 2.24) is 0 Å². The van der Waals surface area contributed by atoms with E-state index >= 15 is 0 Å². The maximum atomic E-state index is 12.3. The second-order valence-corrected chi connectivity index (χ2v) is 6.99. The summed E-state index contributed by atoms with van der Waals surface area (Å²) in [7, 11) is 0. The van der Waals surface area contributed by atoms with Gasteiger partial charge in [-0.3, -0.25) is 4.79 Å². The Morgan fingerprint density at radius 1 is 0.952 bits per heavy atom. The quantitative estimate of drug-likeness (QED) is 0.661. The van der Waals surface area contributed by atoms with Crippen LogP contribution in [0.25, 0.3) is 0 Å². The molecule has 0 bridgehead atoms. The number of halogens is 2. The molecule has 0 atom stereocenters. The zero-order valence-electron chi connectivity index (χ0n) is 12.4. The fourth-order valence-electron chi connectivity index (χ4n) is 2.08. The molecule has 0 spiro atoms. The van der Waals surface area contributed by atoms with Gasteiger partial charge >= 0.3 is 0 Å². The van der Waals surface area contributed by atoms with Gasteiger partial charge in [0, 0.05) is 12.0 Å². The molecule has 21 heavy (non-hydrogen) atoms. The monoisotopic (exact) mass is 320 g/mol. The molecule has 0 amide bonds. The number of hydrogen-bond acceptors (Lipinski definition) is 1. The third-order valence-electron chi connectivity index (χ3n) is 3.43. The van der Waals surface area contributed by atoms with E-state index in [2.05, 4.69) is 32.9 Å². The zero-order valence-corrected chi connectivity index (χ0v) is 13.9. The predicted octanol–water partition coefficient (Wildman–Crippen LogP) is 5.72. The molecule has 0 aliphatic rings. The first-order valence-corrected chi connectivity index (χ1v) is 7.60. The molecular formula is C18H18Cl2O.